The Hall–Kier alpha value is -2.24. The van der Waals surface area contributed by atoms with Crippen molar-refractivity contribution >= 4 is 17.7 Å². The van der Waals surface area contributed by atoms with Crippen LogP contribution < -0.4 is 10.1 Å². The molecule has 0 aliphatic heterocycles. The van der Waals surface area contributed by atoms with Crippen LogP contribution in [0.15, 0.2) is 24.3 Å². The first-order valence-electron chi connectivity index (χ1n) is 6.41. The van der Waals surface area contributed by atoms with Crippen molar-refractivity contribution in [3.8, 4) is 5.75 Å². The van der Waals surface area contributed by atoms with Crippen molar-refractivity contribution in [2.45, 2.75) is 26.3 Å². The Labute approximate surface area is 118 Å². The van der Waals surface area contributed by atoms with E-state index in [1.54, 1.807) is 38.3 Å². The Balaban J connectivity index is 2.68. The van der Waals surface area contributed by atoms with Gasteiger partial charge >= 0.3 is 12.0 Å². The third-order valence-electron chi connectivity index (χ3n) is 2.94. The Morgan fingerprint density at radius 3 is 2.40 bits per heavy atom. The van der Waals surface area contributed by atoms with Crippen LogP contribution in [0.25, 0.3) is 0 Å². The summed E-state index contributed by atoms with van der Waals surface area (Å²) in [6.07, 6.45) is -0.0795. The van der Waals surface area contributed by atoms with E-state index < -0.39 is 5.97 Å². The number of benzene rings is 1. The van der Waals surface area contributed by atoms with Crippen LogP contribution in [-0.2, 0) is 4.79 Å². The fraction of sp³-hybridized carbons (Fsp3) is 0.429. The number of ether oxygens (including phenoxy) is 1. The van der Waals surface area contributed by atoms with Crippen molar-refractivity contribution in [3.05, 3.63) is 24.3 Å². The molecule has 2 N–H and O–H groups in total. The average molecular weight is 280 g/mol. The first-order valence-corrected chi connectivity index (χ1v) is 6.41. The number of anilines is 1. The van der Waals surface area contributed by atoms with Crippen LogP contribution in [0.1, 0.15) is 20.3 Å². The summed E-state index contributed by atoms with van der Waals surface area (Å²) in [4.78, 5) is 24.3. The van der Waals surface area contributed by atoms with Crippen molar-refractivity contribution in [1.82, 2.24) is 4.90 Å². The normalized spacial score (nSPS) is 11.6. The SMILES string of the molecule is CCN(C(=O)Nc1ccc(OC)cc1)C(C)CC(=O)O. The third-order valence-corrected chi connectivity index (χ3v) is 2.94. The van der Waals surface area contributed by atoms with E-state index in [1.165, 1.54) is 4.90 Å². The van der Waals surface area contributed by atoms with Gasteiger partial charge in [0.2, 0.25) is 0 Å². The molecule has 0 saturated carbocycles. The van der Waals surface area contributed by atoms with Gasteiger partial charge in [-0.25, -0.2) is 4.79 Å². The summed E-state index contributed by atoms with van der Waals surface area (Å²) in [6.45, 7) is 3.97. The molecule has 0 bridgehead atoms. The number of carboxylic acid groups (broad SMARTS) is 1. The van der Waals surface area contributed by atoms with Crippen LogP contribution in [0.5, 0.6) is 5.75 Å². The van der Waals surface area contributed by atoms with Crippen molar-refractivity contribution < 1.29 is 19.4 Å². The molecule has 20 heavy (non-hydrogen) atoms. The number of nitrogens with one attached hydrogen (secondary N) is 1. The molecule has 1 atom stereocenters. The zero-order chi connectivity index (χ0) is 15.1. The third kappa shape index (κ3) is 4.46. The molecule has 0 aromatic heterocycles. The number of hydrogen-bond donors (Lipinski definition) is 2. The molecule has 1 rings (SSSR count). The number of rotatable bonds is 6. The molecule has 0 fully saturated rings. The van der Waals surface area contributed by atoms with Gasteiger partial charge in [-0.15, -0.1) is 0 Å². The number of methoxy groups -OCH3 is 1. The number of aliphatic carboxylic acids is 1. The van der Waals surface area contributed by atoms with Crippen LogP contribution in [0, 0.1) is 0 Å². The Morgan fingerprint density at radius 2 is 1.95 bits per heavy atom. The lowest BCUT2D eigenvalue weighted by atomic mass is 10.2. The van der Waals surface area contributed by atoms with Gasteiger partial charge in [0, 0.05) is 18.3 Å². The Kier molecular flexibility index (Phi) is 5.83. The summed E-state index contributed by atoms with van der Waals surface area (Å²) in [7, 11) is 1.57. The van der Waals surface area contributed by atoms with Gasteiger partial charge in [0.15, 0.2) is 0 Å². The minimum Gasteiger partial charge on any atom is -0.497 e. The van der Waals surface area contributed by atoms with E-state index in [1.807, 2.05) is 6.92 Å². The van der Waals surface area contributed by atoms with Crippen LogP contribution in [0.3, 0.4) is 0 Å². The quantitative estimate of drug-likeness (QED) is 0.838. The van der Waals surface area contributed by atoms with Gasteiger partial charge in [-0.05, 0) is 38.1 Å². The highest BCUT2D eigenvalue weighted by Crippen LogP contribution is 2.16. The van der Waals surface area contributed by atoms with Crippen molar-refractivity contribution in [1.29, 1.82) is 0 Å². The number of amides is 2. The molecule has 0 saturated heterocycles. The number of carbonyl (C=O) groups excluding carboxylic acids is 1. The first kappa shape index (κ1) is 15.8. The molecule has 1 aromatic rings. The second-order valence-corrected chi connectivity index (χ2v) is 4.39. The standard InChI is InChI=1S/C14H20N2O4/c1-4-16(10(2)9-13(17)18)14(19)15-11-5-7-12(20-3)8-6-11/h5-8,10H,4,9H2,1-3H3,(H,15,19)(H,17,18). The lowest BCUT2D eigenvalue weighted by Gasteiger charge is -2.27. The van der Waals surface area contributed by atoms with Crippen molar-refractivity contribution in [3.63, 3.8) is 0 Å². The molecule has 1 aromatic carbocycles. The molecule has 6 heteroatoms. The number of hydrogen-bond acceptors (Lipinski definition) is 3. The average Bonchev–Trinajstić information content (AvgIpc) is 2.39. The highest BCUT2D eigenvalue weighted by atomic mass is 16.5. The zero-order valence-corrected chi connectivity index (χ0v) is 11.9. The maximum atomic E-state index is 12.1. The minimum absolute atomic E-state index is 0.0795. The molecule has 0 heterocycles. The number of nitrogens with zero attached hydrogens (tertiary/aromatic N) is 1. The van der Waals surface area contributed by atoms with E-state index in [0.29, 0.717) is 18.0 Å². The maximum absolute atomic E-state index is 12.1. The molecule has 2 amide bonds. The largest absolute Gasteiger partial charge is 0.497 e. The van der Waals surface area contributed by atoms with E-state index in [9.17, 15) is 9.59 Å². The predicted molar refractivity (Wildman–Crippen MR) is 76.1 cm³/mol. The molecule has 0 aliphatic carbocycles. The smallest absolute Gasteiger partial charge is 0.322 e. The van der Waals surface area contributed by atoms with Crippen LogP contribution >= 0.6 is 0 Å². The Bertz CT molecular complexity index is 459. The topological polar surface area (TPSA) is 78.9 Å². The number of urea groups is 1. The summed E-state index contributed by atoms with van der Waals surface area (Å²) in [6, 6.07) is 6.26. The molecule has 110 valence electrons. The highest BCUT2D eigenvalue weighted by molar-refractivity contribution is 5.89. The van der Waals surface area contributed by atoms with Crippen molar-refractivity contribution in [2.24, 2.45) is 0 Å². The van der Waals surface area contributed by atoms with Crippen molar-refractivity contribution in [2.75, 3.05) is 19.0 Å². The lowest BCUT2D eigenvalue weighted by molar-refractivity contribution is -0.137. The van der Waals surface area contributed by atoms with E-state index in [0.717, 1.165) is 0 Å². The molecular formula is C14H20N2O4. The first-order chi connectivity index (χ1) is 9.47. The summed E-state index contributed by atoms with van der Waals surface area (Å²) in [5, 5.41) is 11.5. The minimum atomic E-state index is -0.923. The monoisotopic (exact) mass is 280 g/mol. The molecular weight excluding hydrogens is 260 g/mol. The molecule has 6 nitrogen and oxygen atoms in total. The molecule has 0 spiro atoms. The van der Waals surface area contributed by atoms with Crippen LogP contribution in [0.4, 0.5) is 10.5 Å². The highest BCUT2D eigenvalue weighted by Gasteiger charge is 2.20. The molecule has 0 aliphatic rings. The zero-order valence-electron chi connectivity index (χ0n) is 11.9. The predicted octanol–water partition coefficient (Wildman–Crippen LogP) is 2.41. The summed E-state index contributed by atoms with van der Waals surface area (Å²) < 4.78 is 5.04. The fourth-order valence-electron chi connectivity index (χ4n) is 1.89. The van der Waals surface area contributed by atoms with E-state index in [4.69, 9.17) is 9.84 Å². The van der Waals surface area contributed by atoms with Crippen LogP contribution in [0.2, 0.25) is 0 Å². The second kappa shape index (κ2) is 7.37. The lowest BCUT2D eigenvalue weighted by Crippen LogP contribution is -2.42. The van der Waals surface area contributed by atoms with Gasteiger partial charge in [-0.3, -0.25) is 4.79 Å². The second-order valence-electron chi connectivity index (χ2n) is 4.39. The van der Waals surface area contributed by atoms with Gasteiger partial charge in [0.25, 0.3) is 0 Å². The van der Waals surface area contributed by atoms with E-state index in [-0.39, 0.29) is 18.5 Å². The maximum Gasteiger partial charge on any atom is 0.322 e. The van der Waals surface area contributed by atoms with Gasteiger partial charge in [0.05, 0.1) is 13.5 Å². The summed E-state index contributed by atoms with van der Waals surface area (Å²) in [5.41, 5.74) is 0.636. The van der Waals surface area contributed by atoms with Gasteiger partial charge in [-0.2, -0.15) is 0 Å². The fourth-order valence-corrected chi connectivity index (χ4v) is 1.89. The Morgan fingerprint density at radius 1 is 1.35 bits per heavy atom. The number of carboxylic acids is 1. The number of carbonyl (C=O) groups is 2. The summed E-state index contributed by atoms with van der Waals surface area (Å²) in [5.74, 6) is -0.220. The molecule has 1 unspecified atom stereocenters. The van der Waals surface area contributed by atoms with E-state index in [2.05, 4.69) is 5.32 Å². The van der Waals surface area contributed by atoms with Gasteiger partial charge < -0.3 is 20.1 Å². The van der Waals surface area contributed by atoms with E-state index >= 15 is 0 Å². The summed E-state index contributed by atoms with van der Waals surface area (Å²) >= 11 is 0. The van der Waals surface area contributed by atoms with Gasteiger partial charge in [-0.1, -0.05) is 0 Å². The van der Waals surface area contributed by atoms with Gasteiger partial charge in [0.1, 0.15) is 5.75 Å². The molecule has 0 radical (unpaired) electrons. The van der Waals surface area contributed by atoms with Crippen LogP contribution in [-0.4, -0.2) is 41.7 Å².